The Morgan fingerprint density at radius 3 is 2.82 bits per heavy atom. The Morgan fingerprint density at radius 2 is 2.04 bits per heavy atom. The summed E-state index contributed by atoms with van der Waals surface area (Å²) in [5.41, 5.74) is 8.94. The minimum Gasteiger partial charge on any atom is -0.360 e. The molecule has 1 fully saturated rings. The van der Waals surface area contributed by atoms with Crippen LogP contribution in [0, 0.1) is 6.57 Å². The Labute approximate surface area is 168 Å². The number of nitrogens with two attached hydrogens (primary N) is 1. The van der Waals surface area contributed by atoms with Crippen molar-refractivity contribution in [3.8, 4) is 0 Å². The molecule has 0 amide bonds. The fraction of sp³-hybridized carbons (Fsp3) is 0.278. The molecule has 0 unspecified atom stereocenters. The van der Waals surface area contributed by atoms with E-state index in [1.807, 2.05) is 12.3 Å². The van der Waals surface area contributed by atoms with E-state index in [0.717, 1.165) is 29.3 Å². The number of anilines is 1. The zero-order valence-corrected chi connectivity index (χ0v) is 16.4. The maximum absolute atomic E-state index is 7.43. The topological polar surface area (TPSA) is 117 Å². The zero-order chi connectivity index (χ0) is 19.3. The van der Waals surface area contributed by atoms with E-state index in [9.17, 15) is 0 Å². The van der Waals surface area contributed by atoms with Gasteiger partial charge in [-0.1, -0.05) is 17.6 Å². The molecule has 5 rings (SSSR count). The van der Waals surface area contributed by atoms with Crippen LogP contribution in [0.1, 0.15) is 18.4 Å². The Kier molecular flexibility index (Phi) is 3.82. The number of hydrogen-bond donors (Lipinski definition) is 3. The van der Waals surface area contributed by atoms with Gasteiger partial charge in [-0.3, -0.25) is 10.2 Å². The first kappa shape index (κ1) is 17.1. The van der Waals surface area contributed by atoms with Crippen molar-refractivity contribution >= 4 is 49.6 Å². The molecule has 0 bridgehead atoms. The largest absolute Gasteiger partial charge is 0.360 e. The SMILES string of the molecule is [C-]#[N+]c1nc(N2CCC(N)(c3ccc4[nH]ncc4c3)CC2)nc2n[nH]c(Br)c12. The monoisotopic (exact) mass is 437 g/mol. The maximum Gasteiger partial charge on any atom is 0.324 e. The summed E-state index contributed by atoms with van der Waals surface area (Å²) in [7, 11) is 0. The third-order valence-electron chi connectivity index (χ3n) is 5.40. The molecular formula is C18H16BrN9. The number of piperidine rings is 1. The van der Waals surface area contributed by atoms with Gasteiger partial charge in [-0.15, -0.1) is 0 Å². The standard InChI is InChI=1S/C18H16BrN9/c1-21-15-13-14(19)26-27-16(13)24-17(23-15)28-6-4-18(20,5-7-28)11-2-3-12-10(8-11)9-22-25-12/h2-3,8-9H,4-7,20H2,(H,22,25)(H,23,24,26,27). The van der Waals surface area contributed by atoms with Gasteiger partial charge in [0.2, 0.25) is 0 Å². The fourth-order valence-corrected chi connectivity index (χ4v) is 4.17. The van der Waals surface area contributed by atoms with Gasteiger partial charge >= 0.3 is 5.95 Å². The normalized spacial score (nSPS) is 16.5. The maximum atomic E-state index is 7.43. The minimum atomic E-state index is -0.413. The van der Waals surface area contributed by atoms with Crippen LogP contribution in [0.2, 0.25) is 0 Å². The third kappa shape index (κ3) is 2.63. The number of aromatic amines is 2. The molecule has 10 heteroatoms. The Morgan fingerprint density at radius 1 is 1.21 bits per heavy atom. The first-order valence-electron chi connectivity index (χ1n) is 8.84. The van der Waals surface area contributed by atoms with Crippen LogP contribution in [0.4, 0.5) is 11.8 Å². The second kappa shape index (κ2) is 6.25. The Bertz CT molecular complexity index is 1230. The molecule has 3 aromatic heterocycles. The molecule has 4 N–H and O–H groups in total. The lowest BCUT2D eigenvalue weighted by Crippen LogP contribution is -2.48. The van der Waals surface area contributed by atoms with Crippen LogP contribution >= 0.6 is 15.9 Å². The van der Waals surface area contributed by atoms with Crippen LogP contribution < -0.4 is 10.6 Å². The molecule has 1 aliphatic rings. The van der Waals surface area contributed by atoms with E-state index in [0.29, 0.717) is 34.7 Å². The summed E-state index contributed by atoms with van der Waals surface area (Å²) in [5, 5.41) is 15.7. The van der Waals surface area contributed by atoms with Gasteiger partial charge in [-0.2, -0.15) is 15.2 Å². The summed E-state index contributed by atoms with van der Waals surface area (Å²) in [4.78, 5) is 14.6. The van der Waals surface area contributed by atoms with E-state index in [4.69, 9.17) is 12.3 Å². The third-order valence-corrected chi connectivity index (χ3v) is 5.97. The van der Waals surface area contributed by atoms with Gasteiger partial charge in [-0.05, 0) is 46.5 Å². The van der Waals surface area contributed by atoms with Crippen molar-refractivity contribution in [1.29, 1.82) is 0 Å². The van der Waals surface area contributed by atoms with E-state index in [1.54, 1.807) is 0 Å². The van der Waals surface area contributed by atoms with Crippen molar-refractivity contribution in [3.63, 3.8) is 0 Å². The molecule has 1 saturated heterocycles. The molecule has 0 radical (unpaired) electrons. The molecule has 4 aromatic rings. The number of benzene rings is 1. The molecule has 0 atom stereocenters. The highest BCUT2D eigenvalue weighted by molar-refractivity contribution is 9.10. The Hall–Kier alpha value is -3.03. The number of aromatic nitrogens is 6. The van der Waals surface area contributed by atoms with Gasteiger partial charge in [0.1, 0.15) is 4.60 Å². The molecule has 9 nitrogen and oxygen atoms in total. The summed E-state index contributed by atoms with van der Waals surface area (Å²) in [5.74, 6) is 0.806. The van der Waals surface area contributed by atoms with Crippen LogP contribution in [-0.4, -0.2) is 43.5 Å². The molecule has 0 saturated carbocycles. The lowest BCUT2D eigenvalue weighted by Gasteiger charge is -2.38. The summed E-state index contributed by atoms with van der Waals surface area (Å²) >= 11 is 3.36. The van der Waals surface area contributed by atoms with Gasteiger partial charge < -0.3 is 15.5 Å². The smallest absolute Gasteiger partial charge is 0.324 e. The average Bonchev–Trinajstić information content (AvgIpc) is 3.34. The van der Waals surface area contributed by atoms with Crippen LogP contribution in [0.5, 0.6) is 0 Å². The molecule has 0 aliphatic carbocycles. The lowest BCUT2D eigenvalue weighted by molar-refractivity contribution is 0.341. The summed E-state index contributed by atoms with van der Waals surface area (Å²) < 4.78 is 0.620. The van der Waals surface area contributed by atoms with Gasteiger partial charge in [0, 0.05) is 24.0 Å². The molecule has 1 aromatic carbocycles. The van der Waals surface area contributed by atoms with Crippen LogP contribution in [0.15, 0.2) is 29.0 Å². The number of fused-ring (bicyclic) bond motifs is 2. The molecular weight excluding hydrogens is 422 g/mol. The van der Waals surface area contributed by atoms with E-state index < -0.39 is 5.54 Å². The Balaban J connectivity index is 1.42. The number of hydrogen-bond acceptors (Lipinski definition) is 6. The highest BCUT2D eigenvalue weighted by Gasteiger charge is 2.34. The zero-order valence-electron chi connectivity index (χ0n) is 14.8. The average molecular weight is 438 g/mol. The highest BCUT2D eigenvalue weighted by atomic mass is 79.9. The molecule has 1 aliphatic heterocycles. The van der Waals surface area contributed by atoms with E-state index in [1.165, 1.54) is 0 Å². The summed E-state index contributed by atoms with van der Waals surface area (Å²) in [6, 6.07) is 6.19. The first-order chi connectivity index (χ1) is 13.6. The van der Waals surface area contributed by atoms with Crippen molar-refractivity contribution in [2.75, 3.05) is 18.0 Å². The first-order valence-corrected chi connectivity index (χ1v) is 9.63. The van der Waals surface area contributed by atoms with Crippen LogP contribution in [0.25, 0.3) is 26.8 Å². The van der Waals surface area contributed by atoms with Gasteiger partial charge in [0.25, 0.3) is 5.82 Å². The molecule has 4 heterocycles. The van der Waals surface area contributed by atoms with Gasteiger partial charge in [0.05, 0.1) is 17.1 Å². The number of nitrogens with one attached hydrogen (secondary N) is 2. The summed E-state index contributed by atoms with van der Waals surface area (Å²) in [6.07, 6.45) is 3.33. The number of H-pyrrole nitrogens is 2. The van der Waals surface area contributed by atoms with E-state index >= 15 is 0 Å². The molecule has 140 valence electrons. The highest BCUT2D eigenvalue weighted by Crippen LogP contribution is 2.35. The van der Waals surface area contributed by atoms with Gasteiger partial charge in [-0.25, -0.2) is 0 Å². The minimum absolute atomic E-state index is 0.288. The lowest BCUT2D eigenvalue weighted by atomic mass is 9.81. The fourth-order valence-electron chi connectivity index (χ4n) is 3.73. The van der Waals surface area contributed by atoms with E-state index in [2.05, 4.69) is 68.2 Å². The number of nitrogens with zero attached hydrogens (tertiary/aromatic N) is 6. The summed E-state index contributed by atoms with van der Waals surface area (Å²) in [6.45, 7) is 8.83. The van der Waals surface area contributed by atoms with Crippen LogP contribution in [0.3, 0.4) is 0 Å². The van der Waals surface area contributed by atoms with E-state index in [-0.39, 0.29) is 5.82 Å². The second-order valence-corrected chi connectivity index (χ2v) is 7.80. The van der Waals surface area contributed by atoms with Gasteiger partial charge in [0.15, 0.2) is 5.65 Å². The number of halogens is 1. The van der Waals surface area contributed by atoms with Crippen molar-refractivity contribution in [1.82, 2.24) is 30.4 Å². The van der Waals surface area contributed by atoms with Crippen molar-refractivity contribution in [2.45, 2.75) is 18.4 Å². The van der Waals surface area contributed by atoms with Crippen molar-refractivity contribution in [3.05, 3.63) is 46.0 Å². The predicted octanol–water partition coefficient (Wildman–Crippen LogP) is 3.00. The quantitative estimate of drug-likeness (QED) is 0.415. The molecule has 28 heavy (non-hydrogen) atoms. The predicted molar refractivity (Wildman–Crippen MR) is 109 cm³/mol. The van der Waals surface area contributed by atoms with Crippen molar-refractivity contribution in [2.24, 2.45) is 5.73 Å². The van der Waals surface area contributed by atoms with Crippen LogP contribution in [-0.2, 0) is 5.54 Å². The van der Waals surface area contributed by atoms with Crippen molar-refractivity contribution < 1.29 is 0 Å². The molecule has 0 spiro atoms. The second-order valence-electron chi connectivity index (χ2n) is 7.01. The number of rotatable bonds is 2.